The van der Waals surface area contributed by atoms with Gasteiger partial charge in [-0.15, -0.1) is 0 Å². The largest absolute Gasteiger partial charge is 0.496 e. The highest BCUT2D eigenvalue weighted by Gasteiger charge is 2.39. The van der Waals surface area contributed by atoms with Crippen molar-refractivity contribution in [2.45, 2.75) is 6.18 Å². The summed E-state index contributed by atoms with van der Waals surface area (Å²) in [5, 5.41) is 0. The minimum absolute atomic E-state index is 0.185. The van der Waals surface area contributed by atoms with Crippen molar-refractivity contribution in [2.24, 2.45) is 0 Å². The van der Waals surface area contributed by atoms with Gasteiger partial charge in [-0.05, 0) is 34.1 Å². The van der Waals surface area contributed by atoms with Gasteiger partial charge in [-0.1, -0.05) is 0 Å². The number of methoxy groups -OCH3 is 1. The number of hydrogen-bond acceptors (Lipinski definition) is 2. The fourth-order valence-corrected chi connectivity index (χ4v) is 1.37. The first-order chi connectivity index (χ1) is 6.86. The lowest BCUT2D eigenvalue weighted by Gasteiger charge is -2.07. The Labute approximate surface area is 92.2 Å². The van der Waals surface area contributed by atoms with E-state index in [1.54, 1.807) is 0 Å². The molecule has 0 aromatic heterocycles. The summed E-state index contributed by atoms with van der Waals surface area (Å²) in [6, 6.07) is 3.46. The van der Waals surface area contributed by atoms with E-state index >= 15 is 0 Å². The number of carbonyl (C=O) groups excluding carboxylic acids is 1. The van der Waals surface area contributed by atoms with Crippen LogP contribution in [0.3, 0.4) is 0 Å². The van der Waals surface area contributed by atoms with Gasteiger partial charge < -0.3 is 4.74 Å². The molecule has 0 aliphatic carbocycles. The molecule has 0 bridgehead atoms. The molecule has 0 saturated carbocycles. The summed E-state index contributed by atoms with van der Waals surface area (Å²) >= 11 is 3.07. The highest BCUT2D eigenvalue weighted by Crippen LogP contribution is 2.29. The Kier molecular flexibility index (Phi) is 3.38. The number of benzene rings is 1. The number of rotatable bonds is 2. The van der Waals surface area contributed by atoms with Crippen LogP contribution < -0.4 is 4.74 Å². The van der Waals surface area contributed by atoms with Crippen LogP contribution in [0.25, 0.3) is 0 Å². The van der Waals surface area contributed by atoms with Crippen LogP contribution in [0.4, 0.5) is 13.2 Å². The van der Waals surface area contributed by atoms with Gasteiger partial charge >= 0.3 is 6.18 Å². The average molecular weight is 283 g/mol. The molecular weight excluding hydrogens is 277 g/mol. The van der Waals surface area contributed by atoms with Gasteiger partial charge in [0, 0.05) is 5.56 Å². The summed E-state index contributed by atoms with van der Waals surface area (Å²) in [4.78, 5) is 10.8. The molecule has 15 heavy (non-hydrogen) atoms. The van der Waals surface area contributed by atoms with E-state index in [0.717, 1.165) is 12.1 Å². The maximum Gasteiger partial charge on any atom is 0.454 e. The minimum Gasteiger partial charge on any atom is -0.496 e. The van der Waals surface area contributed by atoms with Crippen molar-refractivity contribution in [1.29, 1.82) is 0 Å². The fraction of sp³-hybridized carbons (Fsp3) is 0.222. The van der Waals surface area contributed by atoms with Crippen LogP contribution >= 0.6 is 15.9 Å². The maximum atomic E-state index is 12.1. The van der Waals surface area contributed by atoms with Crippen LogP contribution in [0, 0.1) is 0 Å². The van der Waals surface area contributed by atoms with Gasteiger partial charge in [0.05, 0.1) is 11.6 Å². The molecule has 82 valence electrons. The van der Waals surface area contributed by atoms with E-state index in [-0.39, 0.29) is 5.75 Å². The fourth-order valence-electron chi connectivity index (χ4n) is 0.965. The molecule has 0 N–H and O–H groups in total. The lowest BCUT2D eigenvalue weighted by molar-refractivity contribution is -0.0885. The molecule has 0 spiro atoms. The molecule has 0 unspecified atom stereocenters. The van der Waals surface area contributed by atoms with E-state index < -0.39 is 17.5 Å². The second-order valence-corrected chi connectivity index (χ2v) is 3.53. The Morgan fingerprint density at radius 1 is 1.40 bits per heavy atom. The summed E-state index contributed by atoms with van der Waals surface area (Å²) < 4.78 is 41.5. The van der Waals surface area contributed by atoms with Gasteiger partial charge in [0.25, 0.3) is 5.78 Å². The molecule has 1 aromatic rings. The highest BCUT2D eigenvalue weighted by molar-refractivity contribution is 9.10. The van der Waals surface area contributed by atoms with Crippen LogP contribution in [0.1, 0.15) is 10.4 Å². The summed E-state index contributed by atoms with van der Waals surface area (Å²) in [6.07, 6.45) is -4.86. The summed E-state index contributed by atoms with van der Waals surface area (Å²) in [5.41, 5.74) is -0.442. The summed E-state index contributed by atoms with van der Waals surface area (Å²) in [7, 11) is 1.31. The predicted molar refractivity (Wildman–Crippen MR) is 51.1 cm³/mol. The van der Waals surface area contributed by atoms with Crippen molar-refractivity contribution in [2.75, 3.05) is 7.11 Å². The van der Waals surface area contributed by atoms with Crippen LogP contribution in [-0.2, 0) is 0 Å². The monoisotopic (exact) mass is 282 g/mol. The number of ether oxygens (including phenoxy) is 1. The van der Waals surface area contributed by atoms with Crippen LogP contribution in [0.15, 0.2) is 22.7 Å². The van der Waals surface area contributed by atoms with E-state index in [0.29, 0.717) is 4.47 Å². The molecule has 6 heteroatoms. The number of hydrogen-bond donors (Lipinski definition) is 0. The Hall–Kier alpha value is -1.04. The van der Waals surface area contributed by atoms with E-state index in [1.807, 2.05) is 0 Å². The first-order valence-electron chi connectivity index (χ1n) is 3.81. The maximum absolute atomic E-state index is 12.1. The predicted octanol–water partition coefficient (Wildman–Crippen LogP) is 3.20. The van der Waals surface area contributed by atoms with Crippen molar-refractivity contribution in [3.63, 3.8) is 0 Å². The van der Waals surface area contributed by atoms with Gasteiger partial charge in [-0.2, -0.15) is 13.2 Å². The zero-order valence-electron chi connectivity index (χ0n) is 7.56. The lowest BCUT2D eigenvalue weighted by Crippen LogP contribution is -2.22. The summed E-state index contributed by atoms with van der Waals surface area (Å²) in [5.74, 6) is -1.70. The Balaban J connectivity index is 3.12. The third-order valence-corrected chi connectivity index (χ3v) is 2.33. The van der Waals surface area contributed by atoms with Gasteiger partial charge in [0.2, 0.25) is 0 Å². The molecule has 0 aliphatic heterocycles. The smallest absolute Gasteiger partial charge is 0.454 e. The number of halogens is 4. The zero-order chi connectivity index (χ0) is 11.6. The van der Waals surface area contributed by atoms with Gasteiger partial charge in [-0.25, -0.2) is 0 Å². The zero-order valence-corrected chi connectivity index (χ0v) is 9.15. The molecule has 0 atom stereocenters. The molecular formula is C9H6BrF3O2. The number of ketones is 1. The van der Waals surface area contributed by atoms with Gasteiger partial charge in [0.1, 0.15) is 5.75 Å². The SMILES string of the molecule is COc1cc(C(=O)C(F)(F)F)ccc1Br. The van der Waals surface area contributed by atoms with Crippen molar-refractivity contribution >= 4 is 21.7 Å². The minimum atomic E-state index is -4.86. The molecule has 1 rings (SSSR count). The topological polar surface area (TPSA) is 26.3 Å². The quantitative estimate of drug-likeness (QED) is 0.779. The van der Waals surface area contributed by atoms with Crippen molar-refractivity contribution in [3.8, 4) is 5.75 Å². The molecule has 0 amide bonds. The lowest BCUT2D eigenvalue weighted by atomic mass is 10.1. The molecule has 0 aliphatic rings. The first-order valence-corrected chi connectivity index (χ1v) is 4.60. The van der Waals surface area contributed by atoms with E-state index in [4.69, 9.17) is 4.74 Å². The summed E-state index contributed by atoms with van der Waals surface area (Å²) in [6.45, 7) is 0. The van der Waals surface area contributed by atoms with Crippen molar-refractivity contribution in [3.05, 3.63) is 28.2 Å². The second kappa shape index (κ2) is 4.22. The van der Waals surface area contributed by atoms with Gasteiger partial charge in [-0.3, -0.25) is 4.79 Å². The third kappa shape index (κ3) is 2.71. The molecule has 0 radical (unpaired) electrons. The average Bonchev–Trinajstić information content (AvgIpc) is 2.16. The molecule has 2 nitrogen and oxygen atoms in total. The number of alkyl halides is 3. The Morgan fingerprint density at radius 3 is 2.47 bits per heavy atom. The highest BCUT2D eigenvalue weighted by atomic mass is 79.9. The standard InChI is InChI=1S/C9H6BrF3O2/c1-15-7-4-5(2-3-6(7)10)8(14)9(11,12)13/h2-4H,1H3. The van der Waals surface area contributed by atoms with Crippen LogP contribution in [-0.4, -0.2) is 19.1 Å². The second-order valence-electron chi connectivity index (χ2n) is 2.68. The van der Waals surface area contributed by atoms with Crippen LogP contribution in [0.2, 0.25) is 0 Å². The van der Waals surface area contributed by atoms with Crippen LogP contribution in [0.5, 0.6) is 5.75 Å². The molecule has 0 fully saturated rings. The first kappa shape index (κ1) is 12.0. The van der Waals surface area contributed by atoms with E-state index in [9.17, 15) is 18.0 Å². The van der Waals surface area contributed by atoms with Crippen molar-refractivity contribution in [1.82, 2.24) is 0 Å². The number of carbonyl (C=O) groups is 1. The molecule has 0 saturated heterocycles. The third-order valence-electron chi connectivity index (χ3n) is 1.67. The number of Topliss-reactive ketones (excluding diaryl/α,β-unsaturated/α-hetero) is 1. The Morgan fingerprint density at radius 2 is 2.00 bits per heavy atom. The van der Waals surface area contributed by atoms with E-state index in [1.165, 1.54) is 13.2 Å². The molecule has 0 heterocycles. The van der Waals surface area contributed by atoms with E-state index in [2.05, 4.69) is 15.9 Å². The normalized spacial score (nSPS) is 11.3. The molecule has 1 aromatic carbocycles. The van der Waals surface area contributed by atoms with Gasteiger partial charge in [0.15, 0.2) is 0 Å². The van der Waals surface area contributed by atoms with Crippen molar-refractivity contribution < 1.29 is 22.7 Å². The Bertz CT molecular complexity index is 387.